The molecule has 3 aromatic heterocycles. The number of thiophene rings is 1. The quantitative estimate of drug-likeness (QED) is 0.164. The molecule has 1 aliphatic rings. The Bertz CT molecular complexity index is 3210. The fraction of sp³-hybridized carbons (Fsp3) is 0.0588. The van der Waals surface area contributed by atoms with Crippen LogP contribution in [-0.4, -0.2) is 4.57 Å². The summed E-state index contributed by atoms with van der Waals surface area (Å²) in [4.78, 5) is 0. The number of hydrogen-bond acceptors (Lipinski definition) is 5. The molecule has 12 rings (SSSR count). The van der Waals surface area contributed by atoms with Gasteiger partial charge < -0.3 is 8.98 Å². The Labute approximate surface area is 332 Å². The SMILES string of the molecule is c1ccc(C2NC(c3ccccc3)NC(c3cccc4oc5c(-c6cccc7c6sc6c(-n8c9ccccc9c9ccccc98)cccc67)cccc5c34)N2)cc1. The molecule has 8 aromatic carbocycles. The van der Waals surface area contributed by atoms with E-state index < -0.39 is 0 Å². The fourth-order valence-electron chi connectivity index (χ4n) is 9.20. The maximum Gasteiger partial charge on any atom is 0.143 e. The molecular formula is C51H36N4OS. The van der Waals surface area contributed by atoms with E-state index in [0.717, 1.165) is 33.1 Å². The topological polar surface area (TPSA) is 54.2 Å². The van der Waals surface area contributed by atoms with E-state index in [1.807, 2.05) is 11.3 Å². The Morgan fingerprint density at radius 1 is 0.421 bits per heavy atom. The van der Waals surface area contributed by atoms with Gasteiger partial charge in [0.2, 0.25) is 0 Å². The van der Waals surface area contributed by atoms with E-state index in [4.69, 9.17) is 4.42 Å². The zero-order valence-electron chi connectivity index (χ0n) is 30.8. The summed E-state index contributed by atoms with van der Waals surface area (Å²) in [5.74, 6) is 0. The molecular weight excluding hydrogens is 717 g/mol. The van der Waals surface area contributed by atoms with E-state index in [-0.39, 0.29) is 18.5 Å². The smallest absolute Gasteiger partial charge is 0.143 e. The lowest BCUT2D eigenvalue weighted by molar-refractivity contribution is 0.204. The fourth-order valence-corrected chi connectivity index (χ4v) is 10.5. The molecule has 57 heavy (non-hydrogen) atoms. The van der Waals surface area contributed by atoms with E-state index in [1.165, 1.54) is 64.4 Å². The van der Waals surface area contributed by atoms with Crippen LogP contribution in [0.2, 0.25) is 0 Å². The molecule has 6 heteroatoms. The second-order valence-electron chi connectivity index (χ2n) is 14.9. The number of rotatable bonds is 5. The molecule has 0 spiro atoms. The maximum atomic E-state index is 6.92. The largest absolute Gasteiger partial charge is 0.455 e. The molecule has 5 nitrogen and oxygen atoms in total. The first-order chi connectivity index (χ1) is 28.3. The van der Waals surface area contributed by atoms with Gasteiger partial charge in [-0.25, -0.2) is 0 Å². The van der Waals surface area contributed by atoms with Crippen molar-refractivity contribution < 1.29 is 4.42 Å². The molecule has 1 fully saturated rings. The number of furan rings is 1. The van der Waals surface area contributed by atoms with Gasteiger partial charge in [0.25, 0.3) is 0 Å². The minimum absolute atomic E-state index is 0.0652. The van der Waals surface area contributed by atoms with Crippen molar-refractivity contribution in [3.8, 4) is 16.8 Å². The average Bonchev–Trinajstić information content (AvgIpc) is 3.97. The molecule has 1 saturated heterocycles. The summed E-state index contributed by atoms with van der Waals surface area (Å²) in [5, 5.41) is 18.9. The van der Waals surface area contributed by atoms with Crippen LogP contribution in [0.4, 0.5) is 0 Å². The average molecular weight is 753 g/mol. The summed E-state index contributed by atoms with van der Waals surface area (Å²) in [7, 11) is 0. The number of nitrogens with one attached hydrogen (secondary N) is 3. The second-order valence-corrected chi connectivity index (χ2v) is 16.0. The minimum Gasteiger partial charge on any atom is -0.455 e. The monoisotopic (exact) mass is 752 g/mol. The number of nitrogens with zero attached hydrogens (tertiary/aromatic N) is 1. The zero-order chi connectivity index (χ0) is 37.5. The Balaban J connectivity index is 1.02. The van der Waals surface area contributed by atoms with Gasteiger partial charge in [-0.05, 0) is 41.0 Å². The number of benzene rings is 8. The molecule has 2 unspecified atom stereocenters. The van der Waals surface area contributed by atoms with Crippen LogP contribution in [0.25, 0.3) is 80.7 Å². The molecule has 2 atom stereocenters. The van der Waals surface area contributed by atoms with Crippen molar-refractivity contribution in [1.29, 1.82) is 0 Å². The Morgan fingerprint density at radius 3 is 1.63 bits per heavy atom. The summed E-state index contributed by atoms with van der Waals surface area (Å²) in [6, 6.07) is 65.2. The van der Waals surface area contributed by atoms with Gasteiger partial charge in [-0.1, -0.05) is 158 Å². The maximum absolute atomic E-state index is 6.92. The van der Waals surface area contributed by atoms with Gasteiger partial charge in [0.05, 0.1) is 39.9 Å². The normalized spacial score (nSPS) is 17.4. The molecule has 1 aliphatic heterocycles. The highest BCUT2D eigenvalue weighted by molar-refractivity contribution is 7.26. The zero-order valence-corrected chi connectivity index (χ0v) is 31.6. The molecule has 0 radical (unpaired) electrons. The van der Waals surface area contributed by atoms with E-state index in [2.05, 4.69) is 203 Å². The standard InChI is InChI=1S/C51H36N4OS/c1-3-15-31(16-4-1)49-52-50(32-17-5-2-6-18-32)54-51(53-49)40-26-14-30-44-45(40)39-25-11-21-35(46(39)56-44)36-22-12-23-37-38-24-13-29-43(48(38)57-47(36)37)55-41-27-9-7-19-33(41)34-20-8-10-28-42(34)55/h1-30,49-54H. The molecule has 4 heterocycles. The van der Waals surface area contributed by atoms with Crippen molar-refractivity contribution in [2.75, 3.05) is 0 Å². The number of fused-ring (bicyclic) bond motifs is 9. The highest BCUT2D eigenvalue weighted by atomic mass is 32.1. The van der Waals surface area contributed by atoms with Gasteiger partial charge in [0, 0.05) is 48.1 Å². The molecule has 0 amide bonds. The third kappa shape index (κ3) is 5.12. The predicted octanol–water partition coefficient (Wildman–Crippen LogP) is 12.9. The lowest BCUT2D eigenvalue weighted by Gasteiger charge is -2.39. The van der Waals surface area contributed by atoms with Crippen molar-refractivity contribution in [3.63, 3.8) is 0 Å². The van der Waals surface area contributed by atoms with E-state index >= 15 is 0 Å². The third-order valence-electron chi connectivity index (χ3n) is 11.7. The highest BCUT2D eigenvalue weighted by Gasteiger charge is 2.31. The molecule has 0 bridgehead atoms. The summed E-state index contributed by atoms with van der Waals surface area (Å²) in [6.07, 6.45) is -0.283. The highest BCUT2D eigenvalue weighted by Crippen LogP contribution is 2.47. The van der Waals surface area contributed by atoms with Gasteiger partial charge in [-0.2, -0.15) is 0 Å². The molecule has 0 saturated carbocycles. The van der Waals surface area contributed by atoms with Gasteiger partial charge in [0.1, 0.15) is 11.2 Å². The van der Waals surface area contributed by atoms with Gasteiger partial charge in [-0.15, -0.1) is 11.3 Å². The van der Waals surface area contributed by atoms with Crippen LogP contribution in [-0.2, 0) is 0 Å². The minimum atomic E-state index is -0.153. The number of hydrogen-bond donors (Lipinski definition) is 3. The van der Waals surface area contributed by atoms with Crippen LogP contribution < -0.4 is 16.0 Å². The van der Waals surface area contributed by atoms with E-state index in [1.54, 1.807) is 0 Å². The Hall–Kier alpha value is -6.54. The van der Waals surface area contributed by atoms with Crippen LogP contribution in [0.3, 0.4) is 0 Å². The van der Waals surface area contributed by atoms with Crippen molar-refractivity contribution in [2.45, 2.75) is 18.5 Å². The summed E-state index contributed by atoms with van der Waals surface area (Å²) < 4.78 is 11.9. The Kier molecular flexibility index (Phi) is 7.46. The van der Waals surface area contributed by atoms with Crippen molar-refractivity contribution in [1.82, 2.24) is 20.5 Å². The van der Waals surface area contributed by atoms with Crippen LogP contribution >= 0.6 is 11.3 Å². The van der Waals surface area contributed by atoms with Crippen molar-refractivity contribution in [2.24, 2.45) is 0 Å². The summed E-state index contributed by atoms with van der Waals surface area (Å²) in [6.45, 7) is 0. The van der Waals surface area contributed by atoms with Gasteiger partial charge in [0.15, 0.2) is 0 Å². The van der Waals surface area contributed by atoms with Crippen molar-refractivity contribution >= 4 is 75.3 Å². The molecule has 11 aromatic rings. The van der Waals surface area contributed by atoms with Crippen LogP contribution in [0.5, 0.6) is 0 Å². The van der Waals surface area contributed by atoms with E-state index in [9.17, 15) is 0 Å². The third-order valence-corrected chi connectivity index (χ3v) is 13.0. The predicted molar refractivity (Wildman–Crippen MR) is 237 cm³/mol. The molecule has 3 N–H and O–H groups in total. The second kappa shape index (κ2) is 13.0. The summed E-state index contributed by atoms with van der Waals surface area (Å²) >= 11 is 1.87. The molecule has 0 aliphatic carbocycles. The Morgan fingerprint density at radius 2 is 0.947 bits per heavy atom. The first kappa shape index (κ1) is 32.7. The van der Waals surface area contributed by atoms with Crippen LogP contribution in [0.15, 0.2) is 186 Å². The molecule has 272 valence electrons. The number of aromatic nitrogens is 1. The lowest BCUT2D eigenvalue weighted by atomic mass is 9.97. The van der Waals surface area contributed by atoms with E-state index in [0.29, 0.717) is 0 Å². The van der Waals surface area contributed by atoms with Gasteiger partial charge in [-0.3, -0.25) is 16.0 Å². The van der Waals surface area contributed by atoms with Crippen LogP contribution in [0.1, 0.15) is 35.2 Å². The number of para-hydroxylation sites is 3. The summed E-state index contributed by atoms with van der Waals surface area (Å²) in [5.41, 5.74) is 11.2. The van der Waals surface area contributed by atoms with Gasteiger partial charge >= 0.3 is 0 Å². The van der Waals surface area contributed by atoms with Crippen LogP contribution in [0, 0.1) is 0 Å². The van der Waals surface area contributed by atoms with Crippen molar-refractivity contribution in [3.05, 3.63) is 199 Å². The lowest BCUT2D eigenvalue weighted by Crippen LogP contribution is -2.54. The first-order valence-corrected chi connectivity index (χ1v) is 20.4. The first-order valence-electron chi connectivity index (χ1n) is 19.5.